The normalized spacial score (nSPS) is 12.2. The third kappa shape index (κ3) is 3.10. The van der Waals surface area contributed by atoms with E-state index in [2.05, 4.69) is 4.98 Å². The molecule has 1 rings (SSSR count). The molecular weight excluding hydrogens is 228 g/mol. The van der Waals surface area contributed by atoms with Crippen molar-refractivity contribution in [1.29, 1.82) is 0 Å². The number of carbonyl (C=O) groups is 1. The largest absolute Gasteiger partial charge is 0.364 e. The average molecular weight is 243 g/mol. The third-order valence-corrected chi connectivity index (χ3v) is 2.30. The number of nitrogens with zero attached hydrogens (tertiary/aromatic N) is 1. The Kier molecular flexibility index (Phi) is 4.12. The molecule has 88 valence electrons. The van der Waals surface area contributed by atoms with Crippen molar-refractivity contribution in [2.24, 2.45) is 0 Å². The van der Waals surface area contributed by atoms with Crippen LogP contribution in [0.25, 0.3) is 0 Å². The summed E-state index contributed by atoms with van der Waals surface area (Å²) in [6.07, 6.45) is 1.44. The van der Waals surface area contributed by atoms with Gasteiger partial charge in [0, 0.05) is 36.9 Å². The first-order valence-electron chi connectivity index (χ1n) is 5.00. The number of aryl methyl sites for hydroxylation is 1. The first-order chi connectivity index (χ1) is 7.41. The Morgan fingerprint density at radius 2 is 2.25 bits per heavy atom. The fraction of sp³-hybridized carbons (Fsp3) is 0.455. The molecule has 0 aliphatic carbocycles. The number of hydrogen-bond donors (Lipinski definition) is 1. The zero-order chi connectivity index (χ0) is 12.3. The molecule has 1 aromatic heterocycles. The maximum Gasteiger partial charge on any atom is 0.259 e. The number of H-pyrrole nitrogens is 1. The second kappa shape index (κ2) is 5.16. The molecule has 4 nitrogen and oxygen atoms in total. The van der Waals surface area contributed by atoms with Gasteiger partial charge in [0.15, 0.2) is 5.43 Å². The van der Waals surface area contributed by atoms with E-state index < -0.39 is 0 Å². The van der Waals surface area contributed by atoms with E-state index in [4.69, 9.17) is 11.6 Å². The van der Waals surface area contributed by atoms with Gasteiger partial charge in [-0.3, -0.25) is 9.59 Å². The van der Waals surface area contributed by atoms with Gasteiger partial charge in [-0.15, -0.1) is 11.6 Å². The summed E-state index contributed by atoms with van der Waals surface area (Å²) in [5.74, 6) is -0.311. The van der Waals surface area contributed by atoms with Gasteiger partial charge >= 0.3 is 0 Å². The van der Waals surface area contributed by atoms with Gasteiger partial charge in [0.25, 0.3) is 5.91 Å². The number of hydrogen-bond acceptors (Lipinski definition) is 2. The number of nitrogens with one attached hydrogen (secondary N) is 1. The van der Waals surface area contributed by atoms with Crippen molar-refractivity contribution in [3.05, 3.63) is 33.7 Å². The molecule has 0 aliphatic heterocycles. The highest BCUT2D eigenvalue weighted by molar-refractivity contribution is 6.20. The van der Waals surface area contributed by atoms with Crippen molar-refractivity contribution in [1.82, 2.24) is 9.88 Å². The lowest BCUT2D eigenvalue weighted by atomic mass is 10.2. The van der Waals surface area contributed by atoms with Gasteiger partial charge in [0.2, 0.25) is 0 Å². The standard InChI is InChI=1S/C11H15ClN2O2/c1-7(12)6-14(3)11(16)9-5-13-8(2)4-10(9)15/h4-5,7H,6H2,1-3H3,(H,13,15). The molecule has 16 heavy (non-hydrogen) atoms. The lowest BCUT2D eigenvalue weighted by Crippen LogP contribution is -2.34. The van der Waals surface area contributed by atoms with Gasteiger partial charge in [-0.25, -0.2) is 0 Å². The van der Waals surface area contributed by atoms with Crippen LogP contribution in [0.5, 0.6) is 0 Å². The van der Waals surface area contributed by atoms with Crippen LogP contribution in [-0.2, 0) is 0 Å². The number of alkyl halides is 1. The topological polar surface area (TPSA) is 53.2 Å². The molecule has 0 saturated carbocycles. The molecule has 0 bridgehead atoms. The molecule has 1 heterocycles. The lowest BCUT2D eigenvalue weighted by molar-refractivity contribution is 0.0794. The molecule has 1 amide bonds. The summed E-state index contributed by atoms with van der Waals surface area (Å²) in [7, 11) is 1.63. The van der Waals surface area contributed by atoms with Crippen LogP contribution >= 0.6 is 11.6 Å². The van der Waals surface area contributed by atoms with Crippen LogP contribution in [0.2, 0.25) is 0 Å². The quantitative estimate of drug-likeness (QED) is 0.815. The third-order valence-electron chi connectivity index (χ3n) is 2.16. The Balaban J connectivity index is 2.92. The number of aromatic amines is 1. The van der Waals surface area contributed by atoms with E-state index in [0.717, 1.165) is 5.69 Å². The predicted octanol–water partition coefficient (Wildman–Crippen LogP) is 1.38. The van der Waals surface area contributed by atoms with Gasteiger partial charge < -0.3 is 9.88 Å². The van der Waals surface area contributed by atoms with Crippen LogP contribution in [0.3, 0.4) is 0 Å². The summed E-state index contributed by atoms with van der Waals surface area (Å²) in [5.41, 5.74) is 0.607. The number of carbonyl (C=O) groups excluding carboxylic acids is 1. The molecule has 1 aromatic rings. The van der Waals surface area contributed by atoms with E-state index in [-0.39, 0.29) is 22.3 Å². The first-order valence-corrected chi connectivity index (χ1v) is 5.44. The van der Waals surface area contributed by atoms with Gasteiger partial charge in [-0.05, 0) is 13.8 Å². The monoisotopic (exact) mass is 242 g/mol. The van der Waals surface area contributed by atoms with Gasteiger partial charge in [0.05, 0.1) is 0 Å². The van der Waals surface area contributed by atoms with E-state index in [1.807, 2.05) is 0 Å². The number of aromatic nitrogens is 1. The number of rotatable bonds is 3. The molecule has 1 N–H and O–H groups in total. The van der Waals surface area contributed by atoms with Crippen LogP contribution in [0.1, 0.15) is 23.0 Å². The number of amides is 1. The van der Waals surface area contributed by atoms with Gasteiger partial charge in [-0.2, -0.15) is 0 Å². The van der Waals surface area contributed by atoms with E-state index in [9.17, 15) is 9.59 Å². The number of halogens is 1. The van der Waals surface area contributed by atoms with Crippen LogP contribution in [-0.4, -0.2) is 34.8 Å². The summed E-state index contributed by atoms with van der Waals surface area (Å²) >= 11 is 5.79. The van der Waals surface area contributed by atoms with Crippen molar-refractivity contribution < 1.29 is 4.79 Å². The molecule has 0 aromatic carbocycles. The smallest absolute Gasteiger partial charge is 0.259 e. The van der Waals surface area contributed by atoms with Crippen LogP contribution in [0.4, 0.5) is 0 Å². The Morgan fingerprint density at radius 3 is 2.75 bits per heavy atom. The van der Waals surface area contributed by atoms with Gasteiger partial charge in [0.1, 0.15) is 5.56 Å². The van der Waals surface area contributed by atoms with Crippen molar-refractivity contribution in [2.45, 2.75) is 19.2 Å². The van der Waals surface area contributed by atoms with Gasteiger partial charge in [-0.1, -0.05) is 0 Å². The Bertz CT molecular complexity index is 440. The zero-order valence-electron chi connectivity index (χ0n) is 9.58. The molecule has 0 fully saturated rings. The molecule has 0 spiro atoms. The van der Waals surface area contributed by atoms with Crippen molar-refractivity contribution >= 4 is 17.5 Å². The Hall–Kier alpha value is -1.29. The maximum absolute atomic E-state index is 11.9. The van der Waals surface area contributed by atoms with E-state index >= 15 is 0 Å². The molecule has 0 radical (unpaired) electrons. The molecule has 0 saturated heterocycles. The highest BCUT2D eigenvalue weighted by Crippen LogP contribution is 2.02. The Labute approximate surface area is 99.2 Å². The SMILES string of the molecule is Cc1cc(=O)c(C(=O)N(C)CC(C)Cl)c[nH]1. The van der Waals surface area contributed by atoms with Crippen LogP contribution < -0.4 is 5.43 Å². The predicted molar refractivity (Wildman–Crippen MR) is 64.1 cm³/mol. The zero-order valence-corrected chi connectivity index (χ0v) is 10.3. The second-order valence-electron chi connectivity index (χ2n) is 3.86. The summed E-state index contributed by atoms with van der Waals surface area (Å²) < 4.78 is 0. The average Bonchev–Trinajstić information content (AvgIpc) is 2.15. The fourth-order valence-corrected chi connectivity index (χ4v) is 1.61. The molecule has 1 atom stereocenters. The lowest BCUT2D eigenvalue weighted by Gasteiger charge is -2.17. The van der Waals surface area contributed by atoms with E-state index in [1.165, 1.54) is 17.2 Å². The maximum atomic E-state index is 11.9. The first kappa shape index (κ1) is 12.8. The fourth-order valence-electron chi connectivity index (χ4n) is 1.41. The van der Waals surface area contributed by atoms with Crippen molar-refractivity contribution in [2.75, 3.05) is 13.6 Å². The van der Waals surface area contributed by atoms with E-state index in [1.54, 1.807) is 20.9 Å². The van der Waals surface area contributed by atoms with E-state index in [0.29, 0.717) is 6.54 Å². The van der Waals surface area contributed by atoms with Crippen molar-refractivity contribution in [3.8, 4) is 0 Å². The van der Waals surface area contributed by atoms with Crippen LogP contribution in [0.15, 0.2) is 17.1 Å². The Morgan fingerprint density at radius 1 is 1.62 bits per heavy atom. The summed E-state index contributed by atoms with van der Waals surface area (Å²) in [6.45, 7) is 3.97. The molecule has 5 heteroatoms. The minimum absolute atomic E-state index is 0.140. The summed E-state index contributed by atoms with van der Waals surface area (Å²) in [6, 6.07) is 1.41. The highest BCUT2D eigenvalue weighted by Gasteiger charge is 2.16. The van der Waals surface area contributed by atoms with Crippen molar-refractivity contribution in [3.63, 3.8) is 0 Å². The number of pyridine rings is 1. The highest BCUT2D eigenvalue weighted by atomic mass is 35.5. The second-order valence-corrected chi connectivity index (χ2v) is 4.61. The summed E-state index contributed by atoms with van der Waals surface area (Å²) in [5, 5.41) is -0.140. The molecule has 1 unspecified atom stereocenters. The molecule has 0 aliphatic rings. The minimum Gasteiger partial charge on any atom is -0.364 e. The summed E-state index contributed by atoms with van der Waals surface area (Å²) in [4.78, 5) is 27.7. The minimum atomic E-state index is -0.311. The van der Waals surface area contributed by atoms with Crippen LogP contribution in [0, 0.1) is 6.92 Å². The molecular formula is C11H15ClN2O2.